The molecule has 0 spiro atoms. The van der Waals surface area contributed by atoms with Crippen LogP contribution in [-0.2, 0) is 16.0 Å². The first-order valence-electron chi connectivity index (χ1n) is 10.2. The summed E-state index contributed by atoms with van der Waals surface area (Å²) in [5, 5.41) is 6.04. The molecule has 0 bridgehead atoms. The molecule has 2 fully saturated rings. The highest BCUT2D eigenvalue weighted by Crippen LogP contribution is 2.29. The zero-order valence-electron chi connectivity index (χ0n) is 16.0. The van der Waals surface area contributed by atoms with Crippen LogP contribution in [0.25, 0.3) is 0 Å². The molecular formula is C21H31N3O3. The van der Waals surface area contributed by atoms with Gasteiger partial charge in [0.1, 0.15) is 0 Å². The van der Waals surface area contributed by atoms with Gasteiger partial charge in [0.15, 0.2) is 0 Å². The average Bonchev–Trinajstić information content (AvgIpc) is 2.73. The lowest BCUT2D eigenvalue weighted by Gasteiger charge is -2.39. The molecule has 0 radical (unpaired) electrons. The second-order valence-electron chi connectivity index (χ2n) is 7.38. The van der Waals surface area contributed by atoms with Crippen LogP contribution < -0.4 is 10.6 Å². The molecule has 2 atom stereocenters. The standard InChI is InChI=1S/C21H31N3O3/c25-20-18-9-4-5-10-19(18)24(14-6-15-27-16-13-22-20)21(26)23-12-11-17-7-2-1-3-8-17/h1-3,7-8,18-19H,4-6,9-16H2,(H,22,25)(H,23,26)/t18-,19+/m1/s1. The topological polar surface area (TPSA) is 70.7 Å². The van der Waals surface area contributed by atoms with Crippen LogP contribution in [0.15, 0.2) is 30.3 Å². The fraction of sp³-hybridized carbons (Fsp3) is 0.619. The zero-order valence-corrected chi connectivity index (χ0v) is 16.0. The Bertz CT molecular complexity index is 608. The quantitative estimate of drug-likeness (QED) is 0.854. The molecule has 2 aliphatic rings. The van der Waals surface area contributed by atoms with E-state index in [4.69, 9.17) is 4.74 Å². The molecule has 3 amide bonds. The number of fused-ring (bicyclic) bond motifs is 1. The average molecular weight is 373 g/mol. The van der Waals surface area contributed by atoms with Gasteiger partial charge in [-0.1, -0.05) is 43.2 Å². The molecule has 148 valence electrons. The highest BCUT2D eigenvalue weighted by molar-refractivity contribution is 5.81. The Morgan fingerprint density at radius 3 is 2.81 bits per heavy atom. The van der Waals surface area contributed by atoms with Crippen molar-refractivity contribution in [3.05, 3.63) is 35.9 Å². The summed E-state index contributed by atoms with van der Waals surface area (Å²) in [6, 6.07) is 10.1. The number of benzene rings is 1. The van der Waals surface area contributed by atoms with Gasteiger partial charge in [-0.05, 0) is 31.2 Å². The van der Waals surface area contributed by atoms with E-state index >= 15 is 0 Å². The summed E-state index contributed by atoms with van der Waals surface area (Å²) >= 11 is 0. The minimum absolute atomic E-state index is 0.0198. The summed E-state index contributed by atoms with van der Waals surface area (Å²) in [6.45, 7) is 2.92. The minimum Gasteiger partial charge on any atom is -0.380 e. The molecular weight excluding hydrogens is 342 g/mol. The molecule has 6 heteroatoms. The second-order valence-corrected chi connectivity index (χ2v) is 7.38. The van der Waals surface area contributed by atoms with Crippen LogP contribution in [0, 0.1) is 5.92 Å². The van der Waals surface area contributed by atoms with Gasteiger partial charge in [-0.3, -0.25) is 4.79 Å². The van der Waals surface area contributed by atoms with Crippen LogP contribution in [0.2, 0.25) is 0 Å². The smallest absolute Gasteiger partial charge is 0.317 e. The van der Waals surface area contributed by atoms with Crippen LogP contribution in [0.3, 0.4) is 0 Å². The fourth-order valence-corrected chi connectivity index (χ4v) is 4.08. The molecule has 2 N–H and O–H groups in total. The zero-order chi connectivity index (χ0) is 18.9. The van der Waals surface area contributed by atoms with E-state index in [1.165, 1.54) is 5.56 Å². The van der Waals surface area contributed by atoms with E-state index in [9.17, 15) is 9.59 Å². The predicted molar refractivity (Wildman–Crippen MR) is 104 cm³/mol. The third-order valence-electron chi connectivity index (χ3n) is 5.49. The maximum absolute atomic E-state index is 12.9. The van der Waals surface area contributed by atoms with Gasteiger partial charge in [0.05, 0.1) is 12.5 Å². The van der Waals surface area contributed by atoms with Gasteiger partial charge in [-0.15, -0.1) is 0 Å². The number of carbonyl (C=O) groups is 2. The van der Waals surface area contributed by atoms with Crippen molar-refractivity contribution in [2.45, 2.75) is 44.6 Å². The van der Waals surface area contributed by atoms with Crippen molar-refractivity contribution >= 4 is 11.9 Å². The van der Waals surface area contributed by atoms with E-state index in [1.54, 1.807) is 0 Å². The number of amides is 3. The lowest BCUT2D eigenvalue weighted by molar-refractivity contribution is -0.128. The number of hydrogen-bond acceptors (Lipinski definition) is 3. The van der Waals surface area contributed by atoms with E-state index in [2.05, 4.69) is 22.8 Å². The Morgan fingerprint density at radius 1 is 1.15 bits per heavy atom. The van der Waals surface area contributed by atoms with Crippen molar-refractivity contribution in [1.29, 1.82) is 0 Å². The fourth-order valence-electron chi connectivity index (χ4n) is 4.08. The van der Waals surface area contributed by atoms with Gasteiger partial charge >= 0.3 is 6.03 Å². The highest BCUT2D eigenvalue weighted by atomic mass is 16.5. The maximum atomic E-state index is 12.9. The third kappa shape index (κ3) is 5.70. The van der Waals surface area contributed by atoms with Crippen LogP contribution in [0.1, 0.15) is 37.7 Å². The van der Waals surface area contributed by atoms with Gasteiger partial charge in [-0.2, -0.15) is 0 Å². The first-order chi connectivity index (χ1) is 13.3. The molecule has 0 aromatic heterocycles. The SMILES string of the molecule is O=C1NCCOCCCN(C(=O)NCCc2ccccc2)[C@H]2CCCC[C@@H]12. The summed E-state index contributed by atoms with van der Waals surface area (Å²) < 4.78 is 5.56. The van der Waals surface area contributed by atoms with E-state index in [0.717, 1.165) is 38.5 Å². The van der Waals surface area contributed by atoms with Crippen molar-refractivity contribution < 1.29 is 14.3 Å². The Labute approximate surface area is 161 Å². The number of carbonyl (C=O) groups excluding carboxylic acids is 2. The summed E-state index contributed by atoms with van der Waals surface area (Å²) in [5.74, 6) is -0.0518. The second kappa shape index (κ2) is 10.3. The number of hydrogen-bond donors (Lipinski definition) is 2. The van der Waals surface area contributed by atoms with E-state index in [1.807, 2.05) is 23.1 Å². The van der Waals surface area contributed by atoms with Crippen LogP contribution in [0.4, 0.5) is 4.79 Å². The molecule has 27 heavy (non-hydrogen) atoms. The number of urea groups is 1. The summed E-state index contributed by atoms with van der Waals surface area (Å²) in [6.07, 6.45) is 5.46. The maximum Gasteiger partial charge on any atom is 0.317 e. The van der Waals surface area contributed by atoms with Crippen molar-refractivity contribution in [1.82, 2.24) is 15.5 Å². The first kappa shape index (κ1) is 19.7. The van der Waals surface area contributed by atoms with Gasteiger partial charge in [0.25, 0.3) is 0 Å². The van der Waals surface area contributed by atoms with Crippen LogP contribution >= 0.6 is 0 Å². The van der Waals surface area contributed by atoms with Gasteiger partial charge < -0.3 is 20.3 Å². The van der Waals surface area contributed by atoms with E-state index < -0.39 is 0 Å². The van der Waals surface area contributed by atoms with Gasteiger partial charge in [-0.25, -0.2) is 4.79 Å². The number of nitrogens with one attached hydrogen (secondary N) is 2. The molecule has 1 heterocycles. The Hall–Kier alpha value is -2.08. The summed E-state index contributed by atoms with van der Waals surface area (Å²) in [4.78, 5) is 27.5. The molecule has 1 aromatic carbocycles. The largest absolute Gasteiger partial charge is 0.380 e. The Kier molecular flexibility index (Phi) is 7.51. The molecule has 1 saturated carbocycles. The molecule has 6 nitrogen and oxygen atoms in total. The molecule has 3 rings (SSSR count). The highest BCUT2D eigenvalue weighted by Gasteiger charge is 2.36. The number of ether oxygens (including phenoxy) is 1. The molecule has 1 aliphatic heterocycles. The van der Waals surface area contributed by atoms with Crippen molar-refractivity contribution in [2.75, 3.05) is 32.8 Å². The van der Waals surface area contributed by atoms with E-state index in [-0.39, 0.29) is 23.9 Å². The van der Waals surface area contributed by atoms with Crippen molar-refractivity contribution in [3.8, 4) is 0 Å². The Balaban J connectivity index is 1.64. The first-order valence-corrected chi connectivity index (χ1v) is 10.2. The normalized spacial score (nSPS) is 24.3. The van der Waals surface area contributed by atoms with Gasteiger partial charge in [0, 0.05) is 32.3 Å². The van der Waals surface area contributed by atoms with E-state index in [0.29, 0.717) is 32.8 Å². The number of rotatable bonds is 3. The molecule has 0 unspecified atom stereocenters. The lowest BCUT2D eigenvalue weighted by Crippen LogP contribution is -2.54. The third-order valence-corrected chi connectivity index (χ3v) is 5.49. The predicted octanol–water partition coefficient (Wildman–Crippen LogP) is 2.34. The summed E-state index contributed by atoms with van der Waals surface area (Å²) in [5.41, 5.74) is 1.21. The van der Waals surface area contributed by atoms with Crippen molar-refractivity contribution in [3.63, 3.8) is 0 Å². The molecule has 1 saturated heterocycles. The Morgan fingerprint density at radius 2 is 1.96 bits per heavy atom. The number of nitrogens with zero attached hydrogens (tertiary/aromatic N) is 1. The molecule has 1 aliphatic carbocycles. The van der Waals surface area contributed by atoms with Crippen molar-refractivity contribution in [2.24, 2.45) is 5.92 Å². The monoisotopic (exact) mass is 373 g/mol. The van der Waals surface area contributed by atoms with Crippen LogP contribution in [-0.4, -0.2) is 55.7 Å². The minimum atomic E-state index is -0.114. The van der Waals surface area contributed by atoms with Crippen LogP contribution in [0.5, 0.6) is 0 Å². The lowest BCUT2D eigenvalue weighted by atomic mass is 9.82. The summed E-state index contributed by atoms with van der Waals surface area (Å²) in [7, 11) is 0. The van der Waals surface area contributed by atoms with Gasteiger partial charge in [0.2, 0.25) is 5.91 Å². The molecule has 1 aromatic rings.